The molecule has 2 fully saturated rings. The molecule has 4 atom stereocenters. The number of rotatable bonds is 1. The van der Waals surface area contributed by atoms with Crippen molar-refractivity contribution in [2.75, 3.05) is 13.1 Å². The van der Waals surface area contributed by atoms with Crippen LogP contribution in [0.15, 0.2) is 23.6 Å². The number of hydrogen-bond donors (Lipinski definition) is 2. The highest BCUT2D eigenvalue weighted by Gasteiger charge is 2.39. The highest BCUT2D eigenvalue weighted by Crippen LogP contribution is 2.34. The first kappa shape index (κ1) is 11.4. The summed E-state index contributed by atoms with van der Waals surface area (Å²) >= 11 is 0. The molecule has 3 aliphatic rings. The molecular formula is C13H18F2N2. The van der Waals surface area contributed by atoms with Gasteiger partial charge in [0.2, 0.25) is 0 Å². The van der Waals surface area contributed by atoms with E-state index in [4.69, 9.17) is 0 Å². The van der Waals surface area contributed by atoms with Crippen LogP contribution in [-0.4, -0.2) is 31.3 Å². The molecule has 0 bridgehead atoms. The molecular weight excluding hydrogens is 222 g/mol. The fourth-order valence-electron chi connectivity index (χ4n) is 3.28. The second-order valence-electron chi connectivity index (χ2n) is 5.22. The van der Waals surface area contributed by atoms with Gasteiger partial charge in [0.1, 0.15) is 12.0 Å². The van der Waals surface area contributed by atoms with Crippen molar-refractivity contribution in [3.63, 3.8) is 0 Å². The third-order valence-electron chi connectivity index (χ3n) is 4.16. The molecule has 0 aromatic heterocycles. The van der Waals surface area contributed by atoms with Gasteiger partial charge in [0.15, 0.2) is 0 Å². The molecule has 2 N–H and O–H groups in total. The van der Waals surface area contributed by atoms with Gasteiger partial charge >= 0.3 is 0 Å². The third kappa shape index (κ3) is 2.04. The molecule has 1 aliphatic carbocycles. The van der Waals surface area contributed by atoms with Crippen LogP contribution in [0.4, 0.5) is 8.78 Å². The third-order valence-corrected chi connectivity index (χ3v) is 4.16. The van der Waals surface area contributed by atoms with Gasteiger partial charge in [-0.05, 0) is 37.9 Å². The summed E-state index contributed by atoms with van der Waals surface area (Å²) in [6.07, 6.45) is 4.07. The molecule has 4 unspecified atom stereocenters. The minimum atomic E-state index is -1.15. The summed E-state index contributed by atoms with van der Waals surface area (Å²) < 4.78 is 27.5. The molecule has 0 aromatic rings. The summed E-state index contributed by atoms with van der Waals surface area (Å²) in [6, 6.07) is 0.324. The fourth-order valence-corrected chi connectivity index (χ4v) is 3.28. The smallest absolute Gasteiger partial charge is 0.129 e. The van der Waals surface area contributed by atoms with Crippen molar-refractivity contribution in [2.24, 2.45) is 5.92 Å². The first-order valence-corrected chi connectivity index (χ1v) is 6.42. The highest BCUT2D eigenvalue weighted by molar-refractivity contribution is 5.33. The summed E-state index contributed by atoms with van der Waals surface area (Å²) in [5.41, 5.74) is 0.349. The van der Waals surface area contributed by atoms with Crippen LogP contribution in [0.3, 0.4) is 0 Å². The van der Waals surface area contributed by atoms with E-state index in [1.807, 2.05) is 0 Å². The molecule has 17 heavy (non-hydrogen) atoms. The SMILES string of the molecule is FC1=C(C2CC3CNCCC3N2)C(F)CC=C1. The Bertz CT molecular complexity index is 350. The minimum Gasteiger partial charge on any atom is -0.316 e. The zero-order valence-electron chi connectivity index (χ0n) is 9.76. The Morgan fingerprint density at radius 3 is 3.00 bits per heavy atom. The summed E-state index contributed by atoms with van der Waals surface area (Å²) in [6.45, 7) is 1.97. The number of piperidine rings is 1. The standard InChI is InChI=1S/C13H18F2N2/c14-9-2-1-3-10(15)13(9)12-6-8-7-16-5-4-11(8)17-12/h1-2,8,10-12,16-17H,3-7H2. The van der Waals surface area contributed by atoms with Crippen LogP contribution in [0.1, 0.15) is 19.3 Å². The molecule has 94 valence electrons. The molecule has 0 radical (unpaired) electrons. The van der Waals surface area contributed by atoms with Crippen LogP contribution in [-0.2, 0) is 0 Å². The number of hydrogen-bond acceptors (Lipinski definition) is 2. The van der Waals surface area contributed by atoms with E-state index in [9.17, 15) is 8.78 Å². The van der Waals surface area contributed by atoms with Crippen LogP contribution in [0.2, 0.25) is 0 Å². The van der Waals surface area contributed by atoms with Crippen molar-refractivity contribution in [3.8, 4) is 0 Å². The van der Waals surface area contributed by atoms with Gasteiger partial charge in [0, 0.05) is 24.1 Å². The topological polar surface area (TPSA) is 24.1 Å². The normalized spacial score (nSPS) is 41.8. The van der Waals surface area contributed by atoms with E-state index < -0.39 is 6.17 Å². The van der Waals surface area contributed by atoms with E-state index in [1.165, 1.54) is 6.08 Å². The number of allylic oxidation sites excluding steroid dienone is 3. The van der Waals surface area contributed by atoms with Gasteiger partial charge in [-0.2, -0.15) is 0 Å². The van der Waals surface area contributed by atoms with Gasteiger partial charge in [-0.25, -0.2) is 8.78 Å². The van der Waals surface area contributed by atoms with E-state index in [0.717, 1.165) is 25.9 Å². The van der Waals surface area contributed by atoms with Gasteiger partial charge < -0.3 is 10.6 Å². The Labute approximate surface area is 100 Å². The Kier molecular flexibility index (Phi) is 3.01. The van der Waals surface area contributed by atoms with Crippen LogP contribution in [0, 0.1) is 5.92 Å². The lowest BCUT2D eigenvalue weighted by atomic mass is 9.89. The first-order valence-electron chi connectivity index (χ1n) is 6.42. The lowest BCUT2D eigenvalue weighted by Gasteiger charge is -2.25. The van der Waals surface area contributed by atoms with Gasteiger partial charge in [-0.15, -0.1) is 0 Å². The monoisotopic (exact) mass is 240 g/mol. The summed E-state index contributed by atoms with van der Waals surface area (Å²) in [7, 11) is 0. The minimum absolute atomic E-state index is 0.107. The van der Waals surface area contributed by atoms with E-state index >= 15 is 0 Å². The largest absolute Gasteiger partial charge is 0.316 e. The van der Waals surface area contributed by atoms with Crippen molar-refractivity contribution in [1.82, 2.24) is 10.6 Å². The van der Waals surface area contributed by atoms with Gasteiger partial charge in [-0.1, -0.05) is 6.08 Å². The zero-order chi connectivity index (χ0) is 11.8. The van der Waals surface area contributed by atoms with E-state index in [0.29, 0.717) is 24.0 Å². The highest BCUT2D eigenvalue weighted by atomic mass is 19.1. The second-order valence-corrected chi connectivity index (χ2v) is 5.22. The van der Waals surface area contributed by atoms with Crippen LogP contribution < -0.4 is 10.6 Å². The zero-order valence-corrected chi connectivity index (χ0v) is 9.76. The lowest BCUT2D eigenvalue weighted by Crippen LogP contribution is -2.42. The first-order chi connectivity index (χ1) is 8.25. The van der Waals surface area contributed by atoms with E-state index in [1.54, 1.807) is 6.08 Å². The molecule has 3 rings (SSSR count). The summed E-state index contributed by atoms with van der Waals surface area (Å²) in [4.78, 5) is 0. The molecule has 2 saturated heterocycles. The average molecular weight is 240 g/mol. The Morgan fingerprint density at radius 1 is 1.35 bits per heavy atom. The number of alkyl halides is 1. The van der Waals surface area contributed by atoms with Crippen molar-refractivity contribution < 1.29 is 8.78 Å². The number of nitrogens with one attached hydrogen (secondary N) is 2. The predicted octanol–water partition coefficient (Wildman–Crippen LogP) is 1.85. The molecule has 0 spiro atoms. The molecule has 2 aliphatic heterocycles. The molecule has 0 aromatic carbocycles. The Morgan fingerprint density at radius 2 is 2.24 bits per heavy atom. The second kappa shape index (κ2) is 4.50. The van der Waals surface area contributed by atoms with Crippen molar-refractivity contribution in [3.05, 3.63) is 23.6 Å². The number of halogens is 2. The fraction of sp³-hybridized carbons (Fsp3) is 0.692. The van der Waals surface area contributed by atoms with Crippen LogP contribution in [0.25, 0.3) is 0 Å². The summed E-state index contributed by atoms with van der Waals surface area (Å²) in [5, 5.41) is 6.76. The quantitative estimate of drug-likeness (QED) is 0.731. The Hall–Kier alpha value is -0.740. The van der Waals surface area contributed by atoms with Crippen molar-refractivity contribution >= 4 is 0 Å². The van der Waals surface area contributed by atoms with Gasteiger partial charge in [0.25, 0.3) is 0 Å². The average Bonchev–Trinajstić information content (AvgIpc) is 2.71. The molecule has 0 amide bonds. The maximum Gasteiger partial charge on any atom is 0.129 e. The van der Waals surface area contributed by atoms with Crippen molar-refractivity contribution in [2.45, 2.75) is 37.5 Å². The van der Waals surface area contributed by atoms with E-state index in [-0.39, 0.29) is 11.9 Å². The maximum atomic E-state index is 13.8. The number of fused-ring (bicyclic) bond motifs is 1. The Balaban J connectivity index is 1.79. The van der Waals surface area contributed by atoms with Gasteiger partial charge in [-0.3, -0.25) is 0 Å². The molecule has 0 saturated carbocycles. The predicted molar refractivity (Wildman–Crippen MR) is 63.1 cm³/mol. The van der Waals surface area contributed by atoms with Crippen molar-refractivity contribution in [1.29, 1.82) is 0 Å². The van der Waals surface area contributed by atoms with Crippen LogP contribution in [0.5, 0.6) is 0 Å². The maximum absolute atomic E-state index is 13.8. The van der Waals surface area contributed by atoms with Crippen LogP contribution >= 0.6 is 0 Å². The van der Waals surface area contributed by atoms with Gasteiger partial charge in [0.05, 0.1) is 0 Å². The van der Waals surface area contributed by atoms with E-state index in [2.05, 4.69) is 10.6 Å². The molecule has 2 heterocycles. The summed E-state index contributed by atoms with van der Waals surface area (Å²) in [5.74, 6) is 0.153. The molecule has 4 heteroatoms. The lowest BCUT2D eigenvalue weighted by molar-refractivity contribution is 0.340. The molecule has 2 nitrogen and oxygen atoms in total.